The summed E-state index contributed by atoms with van der Waals surface area (Å²) in [6.07, 6.45) is 0.645. The number of imidazole rings is 1. The van der Waals surface area contributed by atoms with E-state index < -0.39 is 66.4 Å². The molecule has 0 spiro atoms. The van der Waals surface area contributed by atoms with Crippen LogP contribution in [0.4, 0.5) is 0 Å². The molecule has 0 aliphatic heterocycles. The van der Waals surface area contributed by atoms with E-state index in [1.165, 1.54) is 12.5 Å². The van der Waals surface area contributed by atoms with Crippen molar-refractivity contribution in [3.8, 4) is 0 Å². The molecular formula is C17H26N6O8S. The summed E-state index contributed by atoms with van der Waals surface area (Å²) in [5, 5.41) is 34.1. The first-order valence-electron chi connectivity index (χ1n) is 9.33. The first kappa shape index (κ1) is 26.9. The number of aliphatic hydroxyl groups is 1. The van der Waals surface area contributed by atoms with Crippen LogP contribution in [-0.2, 0) is 30.4 Å². The highest BCUT2D eigenvalue weighted by atomic mass is 32.1. The van der Waals surface area contributed by atoms with Crippen LogP contribution >= 0.6 is 12.6 Å². The fraction of sp³-hybridized carbons (Fsp3) is 0.529. The molecule has 1 heterocycles. The van der Waals surface area contributed by atoms with Crippen molar-refractivity contribution in [1.82, 2.24) is 25.9 Å². The van der Waals surface area contributed by atoms with E-state index in [-0.39, 0.29) is 12.2 Å². The Hall–Kier alpha value is -3.17. The van der Waals surface area contributed by atoms with Crippen molar-refractivity contribution < 1.29 is 39.3 Å². The van der Waals surface area contributed by atoms with Gasteiger partial charge in [-0.15, -0.1) is 0 Å². The number of carboxylic acid groups (broad SMARTS) is 2. The molecule has 5 unspecified atom stereocenters. The van der Waals surface area contributed by atoms with Gasteiger partial charge in [0.15, 0.2) is 6.04 Å². The highest BCUT2D eigenvalue weighted by Crippen LogP contribution is 2.02. The first-order valence-corrected chi connectivity index (χ1v) is 9.97. The lowest BCUT2D eigenvalue weighted by molar-refractivity contribution is -0.145. The van der Waals surface area contributed by atoms with Crippen LogP contribution in [0.3, 0.4) is 0 Å². The molecule has 0 radical (unpaired) electrons. The molecule has 0 fully saturated rings. The van der Waals surface area contributed by atoms with Crippen molar-refractivity contribution in [2.75, 3.05) is 5.75 Å². The van der Waals surface area contributed by atoms with Gasteiger partial charge >= 0.3 is 11.9 Å². The third-order valence-corrected chi connectivity index (χ3v) is 4.57. The molecule has 0 saturated carbocycles. The van der Waals surface area contributed by atoms with E-state index >= 15 is 0 Å². The van der Waals surface area contributed by atoms with Crippen LogP contribution in [0.15, 0.2) is 12.5 Å². The zero-order valence-corrected chi connectivity index (χ0v) is 17.9. The molecule has 1 aromatic rings. The number of nitrogens with zero attached hydrogens (tertiary/aromatic N) is 1. The number of hydrogen-bond donors (Lipinski definition) is 9. The molecule has 9 N–H and O–H groups in total. The largest absolute Gasteiger partial charge is 0.481 e. The maximum absolute atomic E-state index is 12.6. The number of amides is 3. The number of carbonyl (C=O) groups excluding carboxylic acids is 3. The van der Waals surface area contributed by atoms with Crippen LogP contribution in [0.2, 0.25) is 0 Å². The molecule has 178 valence electrons. The predicted molar refractivity (Wildman–Crippen MR) is 111 cm³/mol. The second kappa shape index (κ2) is 12.6. The SMILES string of the molecule is CC(O)C(NC(=O)C(CS)NC(=O)C(CC(=O)O)NC(=O)C(N)Cc1cnc[nH]1)C(=O)O. The second-order valence-electron chi connectivity index (χ2n) is 6.86. The van der Waals surface area contributed by atoms with Crippen molar-refractivity contribution >= 4 is 42.3 Å². The fourth-order valence-electron chi connectivity index (χ4n) is 2.50. The molecule has 0 bridgehead atoms. The number of aromatic nitrogens is 2. The third kappa shape index (κ3) is 8.52. The summed E-state index contributed by atoms with van der Waals surface area (Å²) in [5.41, 5.74) is 6.33. The summed E-state index contributed by atoms with van der Waals surface area (Å²) in [7, 11) is 0. The Kier molecular flexibility index (Phi) is 10.6. The first-order chi connectivity index (χ1) is 15.0. The summed E-state index contributed by atoms with van der Waals surface area (Å²) in [6.45, 7) is 1.15. The molecular weight excluding hydrogens is 448 g/mol. The zero-order valence-electron chi connectivity index (χ0n) is 17.0. The topological polar surface area (TPSA) is 237 Å². The number of carbonyl (C=O) groups is 5. The average Bonchev–Trinajstić information content (AvgIpc) is 3.21. The molecule has 0 aliphatic rings. The van der Waals surface area contributed by atoms with Crippen molar-refractivity contribution in [3.05, 3.63) is 18.2 Å². The highest BCUT2D eigenvalue weighted by Gasteiger charge is 2.32. The van der Waals surface area contributed by atoms with E-state index in [4.69, 9.17) is 15.9 Å². The van der Waals surface area contributed by atoms with Crippen LogP contribution in [0.5, 0.6) is 0 Å². The van der Waals surface area contributed by atoms with Gasteiger partial charge in [0.2, 0.25) is 17.7 Å². The number of thiol groups is 1. The van der Waals surface area contributed by atoms with Crippen molar-refractivity contribution in [2.45, 2.75) is 50.0 Å². The van der Waals surface area contributed by atoms with Gasteiger partial charge < -0.3 is 42.0 Å². The van der Waals surface area contributed by atoms with Crippen LogP contribution in [0.25, 0.3) is 0 Å². The molecule has 1 rings (SSSR count). The van der Waals surface area contributed by atoms with E-state index in [0.717, 1.165) is 6.92 Å². The van der Waals surface area contributed by atoms with Gasteiger partial charge in [-0.2, -0.15) is 12.6 Å². The smallest absolute Gasteiger partial charge is 0.328 e. The molecule has 32 heavy (non-hydrogen) atoms. The van der Waals surface area contributed by atoms with E-state index in [1.807, 2.05) is 0 Å². The molecule has 14 nitrogen and oxygen atoms in total. The number of H-pyrrole nitrogens is 1. The minimum absolute atomic E-state index is 0.0465. The minimum Gasteiger partial charge on any atom is -0.481 e. The lowest BCUT2D eigenvalue weighted by Crippen LogP contribution is -2.59. The van der Waals surface area contributed by atoms with Crippen LogP contribution < -0.4 is 21.7 Å². The number of aliphatic carboxylic acids is 2. The molecule has 0 aliphatic carbocycles. The van der Waals surface area contributed by atoms with Crippen LogP contribution in [0, 0.1) is 0 Å². The predicted octanol–water partition coefficient (Wildman–Crippen LogP) is -3.40. The van der Waals surface area contributed by atoms with Gasteiger partial charge in [0.05, 0.1) is 24.9 Å². The van der Waals surface area contributed by atoms with Crippen molar-refractivity contribution in [3.63, 3.8) is 0 Å². The third-order valence-electron chi connectivity index (χ3n) is 4.20. The van der Waals surface area contributed by atoms with E-state index in [1.54, 1.807) is 0 Å². The van der Waals surface area contributed by atoms with Gasteiger partial charge in [0.25, 0.3) is 0 Å². The zero-order chi connectivity index (χ0) is 24.4. The fourth-order valence-corrected chi connectivity index (χ4v) is 2.75. The maximum atomic E-state index is 12.6. The Labute approximate surface area is 187 Å². The minimum atomic E-state index is -1.64. The Morgan fingerprint density at radius 3 is 2.16 bits per heavy atom. The van der Waals surface area contributed by atoms with Gasteiger partial charge in [0.1, 0.15) is 12.1 Å². The van der Waals surface area contributed by atoms with E-state index in [2.05, 4.69) is 38.5 Å². The second-order valence-corrected chi connectivity index (χ2v) is 7.22. The van der Waals surface area contributed by atoms with Crippen molar-refractivity contribution in [1.29, 1.82) is 0 Å². The molecule has 3 amide bonds. The Balaban J connectivity index is 2.83. The van der Waals surface area contributed by atoms with Gasteiger partial charge in [-0.3, -0.25) is 19.2 Å². The number of aliphatic hydroxyl groups excluding tert-OH is 1. The summed E-state index contributed by atoms with van der Waals surface area (Å²) >= 11 is 3.93. The number of aromatic amines is 1. The molecule has 0 aromatic carbocycles. The summed E-state index contributed by atoms with van der Waals surface area (Å²) in [5.74, 6) is -5.99. The molecule has 15 heteroatoms. The van der Waals surface area contributed by atoms with Gasteiger partial charge in [0, 0.05) is 24.1 Å². The Morgan fingerprint density at radius 1 is 1.09 bits per heavy atom. The van der Waals surface area contributed by atoms with Crippen LogP contribution in [-0.4, -0.2) is 91.0 Å². The lowest BCUT2D eigenvalue weighted by Gasteiger charge is -2.24. The normalized spacial score (nSPS) is 15.5. The average molecular weight is 474 g/mol. The number of rotatable bonds is 13. The molecule has 5 atom stereocenters. The maximum Gasteiger partial charge on any atom is 0.328 e. The quantitative estimate of drug-likeness (QED) is 0.128. The highest BCUT2D eigenvalue weighted by molar-refractivity contribution is 7.80. The lowest BCUT2D eigenvalue weighted by atomic mass is 10.1. The summed E-state index contributed by atoms with van der Waals surface area (Å²) < 4.78 is 0. The number of hydrogen-bond acceptors (Lipinski definition) is 9. The number of nitrogens with one attached hydrogen (secondary N) is 4. The summed E-state index contributed by atoms with van der Waals surface area (Å²) in [4.78, 5) is 66.0. The van der Waals surface area contributed by atoms with E-state index in [0.29, 0.717) is 5.69 Å². The molecule has 1 aromatic heterocycles. The van der Waals surface area contributed by atoms with E-state index in [9.17, 15) is 29.1 Å². The van der Waals surface area contributed by atoms with Crippen molar-refractivity contribution in [2.24, 2.45) is 5.73 Å². The van der Waals surface area contributed by atoms with Gasteiger partial charge in [-0.25, -0.2) is 9.78 Å². The number of carboxylic acids is 2. The summed E-state index contributed by atoms with van der Waals surface area (Å²) in [6, 6.07) is -5.71. The Bertz CT molecular complexity index is 818. The molecule has 0 saturated heterocycles. The van der Waals surface area contributed by atoms with Gasteiger partial charge in [-0.05, 0) is 6.92 Å². The van der Waals surface area contributed by atoms with Gasteiger partial charge in [-0.1, -0.05) is 0 Å². The standard InChI is InChI=1S/C17H26N6O8S/c1-7(24)13(17(30)31)23-16(29)11(5-32)22-15(28)10(3-12(25)26)21-14(27)9(18)2-8-4-19-6-20-8/h4,6-7,9-11,13,24,32H,2-3,5,18H2,1H3,(H,19,20)(H,21,27)(H,22,28)(H,23,29)(H,25,26)(H,30,31). The number of nitrogens with two attached hydrogens (primary N) is 1. The van der Waals surface area contributed by atoms with Crippen LogP contribution in [0.1, 0.15) is 19.0 Å². The monoisotopic (exact) mass is 474 g/mol. The Morgan fingerprint density at radius 2 is 1.69 bits per heavy atom.